The Balaban J connectivity index is 1.97. The highest BCUT2D eigenvalue weighted by molar-refractivity contribution is 5.28. The highest BCUT2D eigenvalue weighted by Gasteiger charge is 2.19. The first-order valence-electron chi connectivity index (χ1n) is 6.96. The Morgan fingerprint density at radius 3 is 2.70 bits per heavy atom. The Labute approximate surface area is 118 Å². The fourth-order valence-corrected chi connectivity index (χ4v) is 2.92. The van der Waals surface area contributed by atoms with Crippen molar-refractivity contribution < 1.29 is 0 Å². The lowest BCUT2D eigenvalue weighted by molar-refractivity contribution is 0.598. The molecule has 0 spiro atoms. The molecule has 2 aromatic rings. The number of fused-ring (bicyclic) bond motifs is 1. The third-order valence-electron chi connectivity index (χ3n) is 3.97. The lowest BCUT2D eigenvalue weighted by Crippen LogP contribution is -2.25. The second-order valence-corrected chi connectivity index (χ2v) is 5.20. The molecular formula is C17H16N2O. The van der Waals surface area contributed by atoms with Gasteiger partial charge in [-0.1, -0.05) is 36.4 Å². The molecule has 0 fully saturated rings. The van der Waals surface area contributed by atoms with E-state index < -0.39 is 0 Å². The van der Waals surface area contributed by atoms with E-state index in [0.29, 0.717) is 6.54 Å². The summed E-state index contributed by atoms with van der Waals surface area (Å²) in [7, 11) is 0. The van der Waals surface area contributed by atoms with Crippen LogP contribution in [0.2, 0.25) is 0 Å². The van der Waals surface area contributed by atoms with E-state index in [0.717, 1.165) is 30.5 Å². The van der Waals surface area contributed by atoms with E-state index in [-0.39, 0.29) is 11.5 Å². The van der Waals surface area contributed by atoms with E-state index in [1.54, 1.807) is 10.6 Å². The van der Waals surface area contributed by atoms with Gasteiger partial charge in [0, 0.05) is 18.3 Å². The van der Waals surface area contributed by atoms with E-state index in [1.165, 1.54) is 5.56 Å². The summed E-state index contributed by atoms with van der Waals surface area (Å²) in [5.41, 5.74) is 3.35. The second-order valence-electron chi connectivity index (χ2n) is 5.20. The maximum absolute atomic E-state index is 12.1. The van der Waals surface area contributed by atoms with Crippen molar-refractivity contribution in [1.29, 1.82) is 5.26 Å². The molecule has 0 aliphatic heterocycles. The van der Waals surface area contributed by atoms with Crippen LogP contribution >= 0.6 is 0 Å². The van der Waals surface area contributed by atoms with E-state index in [9.17, 15) is 10.1 Å². The van der Waals surface area contributed by atoms with Gasteiger partial charge >= 0.3 is 0 Å². The first kappa shape index (κ1) is 12.7. The molecule has 100 valence electrons. The topological polar surface area (TPSA) is 45.8 Å². The zero-order valence-corrected chi connectivity index (χ0v) is 11.2. The second kappa shape index (κ2) is 5.34. The number of hydrogen-bond donors (Lipinski definition) is 0. The van der Waals surface area contributed by atoms with Gasteiger partial charge in [0.25, 0.3) is 5.56 Å². The lowest BCUT2D eigenvalue weighted by atomic mass is 10.0. The zero-order valence-electron chi connectivity index (χ0n) is 11.2. The van der Waals surface area contributed by atoms with Gasteiger partial charge in [0.1, 0.15) is 0 Å². The molecule has 1 aliphatic rings. The number of nitriles is 1. The zero-order chi connectivity index (χ0) is 13.9. The van der Waals surface area contributed by atoms with Crippen LogP contribution in [0.5, 0.6) is 0 Å². The Bertz CT molecular complexity index is 710. The van der Waals surface area contributed by atoms with Crippen LogP contribution in [0.15, 0.2) is 47.3 Å². The van der Waals surface area contributed by atoms with Crippen molar-refractivity contribution in [3.63, 3.8) is 0 Å². The minimum atomic E-state index is -0.277. The van der Waals surface area contributed by atoms with Gasteiger partial charge in [0.05, 0.1) is 12.0 Å². The fraction of sp³-hybridized carbons (Fsp3) is 0.294. The molecule has 20 heavy (non-hydrogen) atoms. The number of pyridine rings is 1. The highest BCUT2D eigenvalue weighted by Crippen LogP contribution is 2.23. The molecule has 1 aromatic heterocycles. The number of hydrogen-bond acceptors (Lipinski definition) is 2. The molecule has 1 atom stereocenters. The highest BCUT2D eigenvalue weighted by atomic mass is 16.1. The normalized spacial score (nSPS) is 14.6. The Morgan fingerprint density at radius 1 is 1.15 bits per heavy atom. The number of benzene rings is 1. The van der Waals surface area contributed by atoms with Crippen LogP contribution in [0, 0.1) is 11.3 Å². The average Bonchev–Trinajstić information content (AvgIpc) is 2.96. The monoisotopic (exact) mass is 264 g/mol. The number of aromatic nitrogens is 1. The smallest absolute Gasteiger partial charge is 0.250 e. The summed E-state index contributed by atoms with van der Waals surface area (Å²) in [6, 6.07) is 15.6. The summed E-state index contributed by atoms with van der Waals surface area (Å²) >= 11 is 0. The van der Waals surface area contributed by atoms with Crippen molar-refractivity contribution in [2.75, 3.05) is 0 Å². The fourth-order valence-electron chi connectivity index (χ4n) is 2.92. The van der Waals surface area contributed by atoms with E-state index in [2.05, 4.69) is 6.07 Å². The lowest BCUT2D eigenvalue weighted by Gasteiger charge is -2.15. The minimum absolute atomic E-state index is 0.00170. The van der Waals surface area contributed by atoms with E-state index in [4.69, 9.17) is 0 Å². The van der Waals surface area contributed by atoms with Gasteiger partial charge in [-0.15, -0.1) is 0 Å². The van der Waals surface area contributed by atoms with Crippen molar-refractivity contribution in [2.24, 2.45) is 0 Å². The van der Waals surface area contributed by atoms with Crippen LogP contribution in [0.1, 0.15) is 29.2 Å². The molecular weight excluding hydrogens is 248 g/mol. The number of aryl methyl sites for hydroxylation is 1. The molecule has 0 saturated carbocycles. The summed E-state index contributed by atoms with van der Waals surface area (Å²) in [6.07, 6.45) is 3.08. The van der Waals surface area contributed by atoms with Crippen molar-refractivity contribution in [2.45, 2.75) is 31.7 Å². The van der Waals surface area contributed by atoms with Gasteiger partial charge in [0.15, 0.2) is 0 Å². The molecule has 1 heterocycles. The molecule has 0 bridgehead atoms. The third kappa shape index (κ3) is 2.25. The molecule has 0 saturated heterocycles. The summed E-state index contributed by atoms with van der Waals surface area (Å²) in [5, 5.41) is 9.41. The molecule has 3 heteroatoms. The predicted molar refractivity (Wildman–Crippen MR) is 77.5 cm³/mol. The Kier molecular flexibility index (Phi) is 3.39. The Morgan fingerprint density at radius 2 is 1.95 bits per heavy atom. The quantitative estimate of drug-likeness (QED) is 0.855. The van der Waals surface area contributed by atoms with Gasteiger partial charge in [-0.25, -0.2) is 0 Å². The molecule has 1 unspecified atom stereocenters. The van der Waals surface area contributed by atoms with Crippen molar-refractivity contribution in [3.8, 4) is 6.07 Å². The van der Waals surface area contributed by atoms with Crippen LogP contribution < -0.4 is 5.56 Å². The van der Waals surface area contributed by atoms with E-state index >= 15 is 0 Å². The average molecular weight is 264 g/mol. The summed E-state index contributed by atoms with van der Waals surface area (Å²) in [5.74, 6) is -0.277. The van der Waals surface area contributed by atoms with Crippen molar-refractivity contribution >= 4 is 0 Å². The van der Waals surface area contributed by atoms with Crippen LogP contribution in [0.3, 0.4) is 0 Å². The molecule has 3 nitrogen and oxygen atoms in total. The van der Waals surface area contributed by atoms with E-state index in [1.807, 2.05) is 36.4 Å². The molecule has 1 aromatic carbocycles. The van der Waals surface area contributed by atoms with Crippen LogP contribution in [-0.4, -0.2) is 4.57 Å². The molecule has 0 N–H and O–H groups in total. The maximum Gasteiger partial charge on any atom is 0.250 e. The molecule has 0 amide bonds. The Hall–Kier alpha value is -2.34. The third-order valence-corrected chi connectivity index (χ3v) is 3.97. The van der Waals surface area contributed by atoms with Crippen molar-refractivity contribution in [3.05, 3.63) is 69.6 Å². The summed E-state index contributed by atoms with van der Waals surface area (Å²) in [4.78, 5) is 12.1. The minimum Gasteiger partial charge on any atom is -0.311 e. The van der Waals surface area contributed by atoms with Crippen LogP contribution in [0.25, 0.3) is 0 Å². The number of rotatable bonds is 3. The number of nitrogens with zero attached hydrogens (tertiary/aromatic N) is 2. The molecule has 3 rings (SSSR count). The first-order chi connectivity index (χ1) is 9.79. The molecule has 1 aliphatic carbocycles. The van der Waals surface area contributed by atoms with Crippen molar-refractivity contribution in [1.82, 2.24) is 4.57 Å². The van der Waals surface area contributed by atoms with Crippen LogP contribution in [-0.2, 0) is 19.4 Å². The maximum atomic E-state index is 12.1. The first-order valence-corrected chi connectivity index (χ1v) is 6.96. The summed E-state index contributed by atoms with van der Waals surface area (Å²) in [6.45, 7) is 0.447. The SMILES string of the molecule is N#CC(Cn1c2c(ccc1=O)CCC2)c1ccccc1. The van der Waals surface area contributed by atoms with Gasteiger partial charge in [-0.3, -0.25) is 4.79 Å². The van der Waals surface area contributed by atoms with Gasteiger partial charge in [0.2, 0.25) is 0 Å². The van der Waals surface area contributed by atoms with Crippen LogP contribution in [0.4, 0.5) is 0 Å². The van der Waals surface area contributed by atoms with Gasteiger partial charge < -0.3 is 4.57 Å². The van der Waals surface area contributed by atoms with Gasteiger partial charge in [-0.05, 0) is 30.4 Å². The largest absolute Gasteiger partial charge is 0.311 e. The standard InChI is InChI=1S/C17H16N2O/c18-11-15(13-5-2-1-3-6-13)12-19-16-8-4-7-14(16)9-10-17(19)20/h1-3,5-6,9-10,15H,4,7-8,12H2. The molecule has 0 radical (unpaired) electrons. The predicted octanol–water partition coefficient (Wildman–Crippen LogP) is 2.64. The van der Waals surface area contributed by atoms with Gasteiger partial charge in [-0.2, -0.15) is 5.26 Å². The summed E-state index contributed by atoms with van der Waals surface area (Å²) < 4.78 is 1.79.